The minimum atomic E-state index is -0.639. The number of carbonyl (C=O) groups excluding carboxylic acids is 1. The summed E-state index contributed by atoms with van der Waals surface area (Å²) in [5.74, 6) is 0.642. The maximum atomic E-state index is 11.8. The second kappa shape index (κ2) is 7.90. The maximum Gasteiger partial charge on any atom is 0.325 e. The van der Waals surface area contributed by atoms with E-state index in [-0.39, 0.29) is 5.97 Å². The zero-order valence-electron chi connectivity index (χ0n) is 12.9. The molecule has 0 fully saturated rings. The third-order valence-corrected chi connectivity index (χ3v) is 3.28. The first-order chi connectivity index (χ1) is 9.51. The number of rotatable bonds is 8. The lowest BCUT2D eigenvalue weighted by Gasteiger charge is -2.27. The molecule has 1 unspecified atom stereocenters. The van der Waals surface area contributed by atoms with Crippen LogP contribution >= 0.6 is 0 Å². The van der Waals surface area contributed by atoms with Crippen LogP contribution in [0.4, 0.5) is 0 Å². The van der Waals surface area contributed by atoms with Crippen LogP contribution in [0.25, 0.3) is 0 Å². The van der Waals surface area contributed by atoms with Crippen molar-refractivity contribution in [3.8, 4) is 5.75 Å². The molecule has 0 radical (unpaired) electrons. The molecule has 1 atom stereocenters. The molecule has 0 aliphatic rings. The summed E-state index contributed by atoms with van der Waals surface area (Å²) in [4.78, 5) is 11.8. The van der Waals surface area contributed by atoms with Crippen LogP contribution in [0.3, 0.4) is 0 Å². The fourth-order valence-corrected chi connectivity index (χ4v) is 2.20. The number of aryl methyl sites for hydroxylation is 1. The largest absolute Gasteiger partial charge is 0.494 e. The van der Waals surface area contributed by atoms with Crippen LogP contribution in [0.1, 0.15) is 32.3 Å². The zero-order chi connectivity index (χ0) is 15.0. The number of hydrogen-bond acceptors (Lipinski definition) is 4. The van der Waals surface area contributed by atoms with Crippen molar-refractivity contribution in [2.75, 3.05) is 20.3 Å². The van der Waals surface area contributed by atoms with Gasteiger partial charge in [0.05, 0.1) is 13.7 Å². The number of ether oxygens (including phenoxy) is 2. The van der Waals surface area contributed by atoms with Crippen LogP contribution in [0.2, 0.25) is 0 Å². The third kappa shape index (κ3) is 4.85. The summed E-state index contributed by atoms with van der Waals surface area (Å²) in [5, 5.41) is 3.19. The van der Waals surface area contributed by atoms with E-state index in [2.05, 4.69) is 5.32 Å². The second-order valence-electron chi connectivity index (χ2n) is 5.12. The molecule has 112 valence electrons. The van der Waals surface area contributed by atoms with E-state index in [4.69, 9.17) is 9.47 Å². The van der Waals surface area contributed by atoms with E-state index in [1.165, 1.54) is 12.7 Å². The quantitative estimate of drug-likeness (QED) is 0.587. The highest BCUT2D eigenvalue weighted by Gasteiger charge is 2.32. The van der Waals surface area contributed by atoms with E-state index in [0.717, 1.165) is 18.7 Å². The Bertz CT molecular complexity index is 433. The number of nitrogens with one attached hydrogen (secondary N) is 1. The Morgan fingerprint density at radius 1 is 1.40 bits per heavy atom. The average molecular weight is 279 g/mol. The molecular formula is C16H25NO3. The Hall–Kier alpha value is -1.55. The van der Waals surface area contributed by atoms with Gasteiger partial charge in [-0.05, 0) is 50.9 Å². The van der Waals surface area contributed by atoms with Crippen molar-refractivity contribution in [1.82, 2.24) is 5.32 Å². The summed E-state index contributed by atoms with van der Waals surface area (Å²) in [6.45, 7) is 7.19. The van der Waals surface area contributed by atoms with Gasteiger partial charge in [-0.1, -0.05) is 19.1 Å². The van der Waals surface area contributed by atoms with Gasteiger partial charge in [-0.2, -0.15) is 0 Å². The van der Waals surface area contributed by atoms with Crippen molar-refractivity contribution >= 4 is 5.97 Å². The van der Waals surface area contributed by atoms with E-state index in [1.807, 2.05) is 45.0 Å². The zero-order valence-corrected chi connectivity index (χ0v) is 12.9. The fraction of sp³-hybridized carbons (Fsp3) is 0.562. The Balaban J connectivity index is 2.43. The summed E-state index contributed by atoms with van der Waals surface area (Å²) in [6.07, 6.45) is 1.46. The number of esters is 1. The lowest BCUT2D eigenvalue weighted by atomic mass is 9.96. The molecule has 1 aromatic carbocycles. The van der Waals surface area contributed by atoms with E-state index in [9.17, 15) is 4.79 Å². The highest BCUT2D eigenvalue weighted by Crippen LogP contribution is 2.16. The molecule has 4 nitrogen and oxygen atoms in total. The highest BCUT2D eigenvalue weighted by atomic mass is 16.5. The van der Waals surface area contributed by atoms with Crippen molar-refractivity contribution < 1.29 is 14.3 Å². The SMILES string of the molecule is CCNC(C)(CCCOc1cccc(C)c1)C(=O)OC. The van der Waals surface area contributed by atoms with Gasteiger partial charge in [0.15, 0.2) is 0 Å². The molecule has 0 aliphatic heterocycles. The van der Waals surface area contributed by atoms with Crippen LogP contribution in [-0.2, 0) is 9.53 Å². The van der Waals surface area contributed by atoms with E-state index in [0.29, 0.717) is 13.0 Å². The van der Waals surface area contributed by atoms with Gasteiger partial charge in [0.1, 0.15) is 11.3 Å². The predicted octanol–water partition coefficient (Wildman–Crippen LogP) is 2.70. The minimum Gasteiger partial charge on any atom is -0.494 e. The number of likely N-dealkylation sites (N-methyl/N-ethyl adjacent to an activating group) is 1. The molecule has 0 aromatic heterocycles. The lowest BCUT2D eigenvalue weighted by molar-refractivity contribution is -0.148. The van der Waals surface area contributed by atoms with Crippen LogP contribution < -0.4 is 10.1 Å². The maximum absolute atomic E-state index is 11.8. The van der Waals surface area contributed by atoms with Gasteiger partial charge in [-0.3, -0.25) is 4.79 Å². The molecule has 1 rings (SSSR count). The van der Waals surface area contributed by atoms with Gasteiger partial charge >= 0.3 is 5.97 Å². The Morgan fingerprint density at radius 2 is 2.15 bits per heavy atom. The lowest BCUT2D eigenvalue weighted by Crippen LogP contribution is -2.50. The molecule has 0 aliphatic carbocycles. The van der Waals surface area contributed by atoms with Crippen LogP contribution in [0.5, 0.6) is 5.75 Å². The second-order valence-corrected chi connectivity index (χ2v) is 5.12. The molecule has 4 heteroatoms. The summed E-state index contributed by atoms with van der Waals surface area (Å²) in [5.41, 5.74) is 0.536. The van der Waals surface area contributed by atoms with Crippen molar-refractivity contribution in [3.05, 3.63) is 29.8 Å². The van der Waals surface area contributed by atoms with Gasteiger partial charge in [0, 0.05) is 0 Å². The normalized spacial score (nSPS) is 13.6. The molecule has 0 spiro atoms. The Labute approximate surface area is 121 Å². The summed E-state index contributed by atoms with van der Waals surface area (Å²) >= 11 is 0. The first-order valence-corrected chi connectivity index (χ1v) is 7.04. The van der Waals surface area contributed by atoms with Crippen molar-refractivity contribution in [2.45, 2.75) is 39.2 Å². The highest BCUT2D eigenvalue weighted by molar-refractivity contribution is 5.80. The molecule has 1 N–H and O–H groups in total. The molecule has 1 aromatic rings. The minimum absolute atomic E-state index is 0.227. The average Bonchev–Trinajstić information content (AvgIpc) is 2.43. The number of methoxy groups -OCH3 is 1. The van der Waals surface area contributed by atoms with E-state index in [1.54, 1.807) is 0 Å². The Kier molecular flexibility index (Phi) is 6.52. The van der Waals surface area contributed by atoms with Crippen molar-refractivity contribution in [2.24, 2.45) is 0 Å². The molecular weight excluding hydrogens is 254 g/mol. The van der Waals surface area contributed by atoms with Crippen molar-refractivity contribution in [3.63, 3.8) is 0 Å². The van der Waals surface area contributed by atoms with Crippen molar-refractivity contribution in [1.29, 1.82) is 0 Å². The van der Waals surface area contributed by atoms with Gasteiger partial charge in [0.2, 0.25) is 0 Å². The summed E-state index contributed by atoms with van der Waals surface area (Å²) in [6, 6.07) is 7.95. The first-order valence-electron chi connectivity index (χ1n) is 7.04. The number of carbonyl (C=O) groups is 1. The molecule has 0 amide bonds. The Morgan fingerprint density at radius 3 is 2.75 bits per heavy atom. The predicted molar refractivity (Wildman–Crippen MR) is 80.0 cm³/mol. The van der Waals surface area contributed by atoms with Crippen LogP contribution in [0.15, 0.2) is 24.3 Å². The van der Waals surface area contributed by atoms with Gasteiger partial charge in [-0.15, -0.1) is 0 Å². The third-order valence-electron chi connectivity index (χ3n) is 3.28. The summed E-state index contributed by atoms with van der Waals surface area (Å²) < 4.78 is 10.6. The van der Waals surface area contributed by atoms with Gasteiger partial charge < -0.3 is 14.8 Å². The fourth-order valence-electron chi connectivity index (χ4n) is 2.20. The molecule has 20 heavy (non-hydrogen) atoms. The number of hydrogen-bond donors (Lipinski definition) is 1. The van der Waals surface area contributed by atoms with Gasteiger partial charge in [0.25, 0.3) is 0 Å². The first kappa shape index (κ1) is 16.5. The summed E-state index contributed by atoms with van der Waals surface area (Å²) in [7, 11) is 1.42. The smallest absolute Gasteiger partial charge is 0.325 e. The molecule has 0 bridgehead atoms. The number of benzene rings is 1. The monoisotopic (exact) mass is 279 g/mol. The van der Waals surface area contributed by atoms with Crippen LogP contribution in [0, 0.1) is 6.92 Å². The molecule has 0 heterocycles. The molecule has 0 saturated heterocycles. The molecule has 0 saturated carbocycles. The van der Waals surface area contributed by atoms with E-state index >= 15 is 0 Å². The topological polar surface area (TPSA) is 47.6 Å². The van der Waals surface area contributed by atoms with E-state index < -0.39 is 5.54 Å². The van der Waals surface area contributed by atoms with Gasteiger partial charge in [-0.25, -0.2) is 0 Å². The van der Waals surface area contributed by atoms with Crippen LogP contribution in [-0.4, -0.2) is 31.8 Å². The standard InChI is InChI=1S/C16H25NO3/c1-5-17-16(3,15(18)19-4)10-7-11-20-14-9-6-8-13(2)12-14/h6,8-9,12,17H,5,7,10-11H2,1-4H3.